The second kappa shape index (κ2) is 4.42. The lowest BCUT2D eigenvalue weighted by molar-refractivity contribution is -0.762. The summed E-state index contributed by atoms with van der Waals surface area (Å²) >= 11 is 0. The van der Waals surface area contributed by atoms with Crippen LogP contribution in [-0.4, -0.2) is 5.27 Å². The molecular weight excluding hydrogens is 160 g/mol. The number of unbranched alkanes of at least 4 members (excludes halogenated alkanes) is 1. The minimum absolute atomic E-state index is 0.140. The molecule has 1 aromatic heterocycles. The standard InChI is InChI=1S/C6H10N4O2/c1-2-3-4-10-5-6(7-8-11)12-9-10/h5H,2-4H2,1H3. The van der Waals surface area contributed by atoms with Crippen LogP contribution < -0.4 is 4.68 Å². The molecule has 0 fully saturated rings. The van der Waals surface area contributed by atoms with E-state index in [1.54, 1.807) is 4.68 Å². The molecule has 0 aromatic carbocycles. The third-order valence-electron chi connectivity index (χ3n) is 1.38. The summed E-state index contributed by atoms with van der Waals surface area (Å²) in [6.07, 6.45) is 3.64. The van der Waals surface area contributed by atoms with Gasteiger partial charge >= 0.3 is 5.88 Å². The van der Waals surface area contributed by atoms with Crippen LogP contribution in [-0.2, 0) is 6.54 Å². The van der Waals surface area contributed by atoms with E-state index in [9.17, 15) is 5.21 Å². The largest absolute Gasteiger partial charge is 0.775 e. The van der Waals surface area contributed by atoms with Crippen molar-refractivity contribution in [1.29, 1.82) is 0 Å². The van der Waals surface area contributed by atoms with Gasteiger partial charge in [-0.1, -0.05) is 18.0 Å². The van der Waals surface area contributed by atoms with Crippen molar-refractivity contribution >= 4 is 5.88 Å². The second-order valence-corrected chi connectivity index (χ2v) is 2.34. The van der Waals surface area contributed by atoms with Gasteiger partial charge in [0.05, 0.1) is 0 Å². The van der Waals surface area contributed by atoms with E-state index in [4.69, 9.17) is 0 Å². The van der Waals surface area contributed by atoms with Crippen LogP contribution in [0.15, 0.2) is 21.1 Å². The first-order valence-electron chi connectivity index (χ1n) is 3.76. The molecule has 12 heavy (non-hydrogen) atoms. The number of nitrogens with zero attached hydrogens (tertiary/aromatic N) is 4. The first kappa shape index (κ1) is 8.63. The van der Waals surface area contributed by atoms with E-state index < -0.39 is 0 Å². The average Bonchev–Trinajstić information content (AvgIpc) is 2.50. The zero-order valence-electron chi connectivity index (χ0n) is 6.80. The molecule has 1 heterocycles. The van der Waals surface area contributed by atoms with Crippen LogP contribution >= 0.6 is 0 Å². The molecule has 1 aromatic rings. The predicted molar refractivity (Wildman–Crippen MR) is 39.5 cm³/mol. The Morgan fingerprint density at radius 2 is 2.58 bits per heavy atom. The monoisotopic (exact) mass is 170 g/mol. The Morgan fingerprint density at radius 3 is 3.25 bits per heavy atom. The Balaban J connectivity index is 2.52. The van der Waals surface area contributed by atoms with Crippen molar-refractivity contribution in [3.63, 3.8) is 0 Å². The van der Waals surface area contributed by atoms with Crippen LogP contribution in [0.25, 0.3) is 0 Å². The fraction of sp³-hybridized carbons (Fsp3) is 0.667. The fourth-order valence-electron chi connectivity index (χ4n) is 0.779. The molecule has 0 bridgehead atoms. The molecule has 66 valence electrons. The summed E-state index contributed by atoms with van der Waals surface area (Å²) in [5, 5.41) is 18.8. The molecule has 0 aliphatic carbocycles. The highest BCUT2D eigenvalue weighted by Gasteiger charge is 2.08. The zero-order chi connectivity index (χ0) is 8.81. The Kier molecular flexibility index (Phi) is 3.18. The van der Waals surface area contributed by atoms with Crippen molar-refractivity contribution in [3.8, 4) is 0 Å². The van der Waals surface area contributed by atoms with Crippen LogP contribution in [0.4, 0.5) is 5.88 Å². The van der Waals surface area contributed by atoms with Crippen LogP contribution in [0.1, 0.15) is 19.8 Å². The summed E-state index contributed by atoms with van der Waals surface area (Å²) in [6, 6.07) is 0. The third kappa shape index (κ3) is 2.30. The van der Waals surface area contributed by atoms with Gasteiger partial charge in [-0.25, -0.2) is 5.28 Å². The Morgan fingerprint density at radius 1 is 1.75 bits per heavy atom. The Bertz CT molecular complexity index is 258. The topological polar surface area (TPSA) is 77.7 Å². The van der Waals surface area contributed by atoms with Crippen molar-refractivity contribution < 1.29 is 9.20 Å². The van der Waals surface area contributed by atoms with Gasteiger partial charge in [0.1, 0.15) is 0 Å². The molecule has 6 nitrogen and oxygen atoms in total. The summed E-state index contributed by atoms with van der Waals surface area (Å²) in [5.41, 5.74) is 0. The molecule has 0 unspecified atom stereocenters. The summed E-state index contributed by atoms with van der Waals surface area (Å²) in [7, 11) is 0. The molecule has 0 saturated heterocycles. The van der Waals surface area contributed by atoms with E-state index in [1.165, 1.54) is 6.20 Å². The summed E-state index contributed by atoms with van der Waals surface area (Å²) in [4.78, 5) is 0. The van der Waals surface area contributed by atoms with Gasteiger partial charge in [-0.15, -0.1) is 5.11 Å². The highest BCUT2D eigenvalue weighted by molar-refractivity contribution is 5.09. The van der Waals surface area contributed by atoms with Gasteiger partial charge in [0.15, 0.2) is 6.54 Å². The van der Waals surface area contributed by atoms with E-state index in [2.05, 4.69) is 27.1 Å². The smallest absolute Gasteiger partial charge is 0.339 e. The van der Waals surface area contributed by atoms with E-state index in [0.717, 1.165) is 19.4 Å². The molecule has 0 aliphatic heterocycles. The first-order chi connectivity index (χ1) is 5.86. The number of hydrogen-bond donors (Lipinski definition) is 0. The summed E-state index contributed by atoms with van der Waals surface area (Å²) in [5.74, 6) is 0.140. The molecule has 0 N–H and O–H groups in total. The lowest BCUT2D eigenvalue weighted by Gasteiger charge is -1.82. The highest BCUT2D eigenvalue weighted by Crippen LogP contribution is 2.05. The van der Waals surface area contributed by atoms with Crippen molar-refractivity contribution in [1.82, 2.24) is 5.27 Å². The van der Waals surface area contributed by atoms with E-state index >= 15 is 0 Å². The van der Waals surface area contributed by atoms with Gasteiger partial charge in [-0.05, 0) is 0 Å². The molecule has 0 radical (unpaired) electrons. The Labute approximate surface area is 69.4 Å². The van der Waals surface area contributed by atoms with Crippen molar-refractivity contribution in [2.75, 3.05) is 0 Å². The minimum Gasteiger partial charge on any atom is -0.775 e. The highest BCUT2D eigenvalue weighted by atomic mass is 16.5. The van der Waals surface area contributed by atoms with Gasteiger partial charge in [-0.3, -0.25) is 4.52 Å². The molecular formula is C6H10N4O2. The summed E-state index contributed by atoms with van der Waals surface area (Å²) < 4.78 is 6.25. The maximum Gasteiger partial charge on any atom is 0.339 e. The SMILES string of the molecule is CCCC[n+]1cc(/N=N/[O-])on1. The van der Waals surface area contributed by atoms with Gasteiger partial charge in [-0.2, -0.15) is 0 Å². The van der Waals surface area contributed by atoms with Crippen molar-refractivity contribution in [2.45, 2.75) is 26.3 Å². The average molecular weight is 170 g/mol. The van der Waals surface area contributed by atoms with Crippen LogP contribution in [0.2, 0.25) is 0 Å². The van der Waals surface area contributed by atoms with Gasteiger partial charge < -0.3 is 5.21 Å². The van der Waals surface area contributed by atoms with Crippen LogP contribution in [0.3, 0.4) is 0 Å². The number of aryl methyl sites for hydroxylation is 1. The van der Waals surface area contributed by atoms with E-state index in [1.807, 2.05) is 0 Å². The van der Waals surface area contributed by atoms with Gasteiger partial charge in [0.25, 0.3) is 6.20 Å². The quantitative estimate of drug-likeness (QED) is 0.388. The summed E-state index contributed by atoms with van der Waals surface area (Å²) in [6.45, 7) is 2.85. The van der Waals surface area contributed by atoms with Crippen molar-refractivity contribution in [3.05, 3.63) is 11.4 Å². The fourth-order valence-corrected chi connectivity index (χ4v) is 0.779. The molecule has 0 atom stereocenters. The number of hydrogen-bond acceptors (Lipinski definition) is 5. The molecule has 0 amide bonds. The normalized spacial score (nSPS) is 11.1. The van der Waals surface area contributed by atoms with Crippen LogP contribution in [0.5, 0.6) is 0 Å². The maximum atomic E-state index is 9.68. The molecule has 0 spiro atoms. The number of aromatic nitrogens is 2. The maximum absolute atomic E-state index is 9.68. The first-order valence-corrected chi connectivity index (χ1v) is 3.76. The van der Waals surface area contributed by atoms with Crippen molar-refractivity contribution in [2.24, 2.45) is 10.4 Å². The molecule has 0 saturated carbocycles. The van der Waals surface area contributed by atoms with Crippen LogP contribution in [0, 0.1) is 5.21 Å². The molecule has 0 aliphatic rings. The number of rotatable bonds is 4. The second-order valence-electron chi connectivity index (χ2n) is 2.34. The third-order valence-corrected chi connectivity index (χ3v) is 1.38. The van der Waals surface area contributed by atoms with Gasteiger partial charge in [0.2, 0.25) is 5.27 Å². The van der Waals surface area contributed by atoms with E-state index in [-0.39, 0.29) is 5.88 Å². The minimum atomic E-state index is 0.140. The molecule has 1 rings (SSSR count). The predicted octanol–water partition coefficient (Wildman–Crippen LogP) is 1.34. The lowest BCUT2D eigenvalue weighted by atomic mass is 10.3. The van der Waals surface area contributed by atoms with E-state index in [0.29, 0.717) is 0 Å². The zero-order valence-corrected chi connectivity index (χ0v) is 6.80. The Hall–Kier alpha value is -1.46. The van der Waals surface area contributed by atoms with Gasteiger partial charge in [0, 0.05) is 6.42 Å². The molecule has 6 heteroatoms. The lowest BCUT2D eigenvalue weighted by Crippen LogP contribution is -2.34.